The first-order chi connectivity index (χ1) is 9.79. The van der Waals surface area contributed by atoms with Crippen LogP contribution >= 0.6 is 27.3 Å². The van der Waals surface area contributed by atoms with Crippen LogP contribution in [-0.4, -0.2) is 18.1 Å². The van der Waals surface area contributed by atoms with E-state index in [0.29, 0.717) is 5.92 Å². The molecule has 1 unspecified atom stereocenters. The van der Waals surface area contributed by atoms with Gasteiger partial charge in [-0.05, 0) is 49.9 Å². The molecule has 0 spiro atoms. The molecule has 0 aliphatic carbocycles. The minimum absolute atomic E-state index is 0.612. The molecule has 2 nitrogen and oxygen atoms in total. The van der Waals surface area contributed by atoms with Crippen molar-refractivity contribution in [3.05, 3.63) is 50.9 Å². The van der Waals surface area contributed by atoms with E-state index in [1.807, 2.05) is 11.7 Å². The molecule has 0 aliphatic heterocycles. The SMILES string of the molecule is CCCNCC(Cc1cncs1)Cc1ccccc1Br. The summed E-state index contributed by atoms with van der Waals surface area (Å²) in [6.45, 7) is 4.36. The number of aromatic nitrogens is 1. The lowest BCUT2D eigenvalue weighted by molar-refractivity contribution is 0.472. The highest BCUT2D eigenvalue weighted by molar-refractivity contribution is 9.10. The Morgan fingerprint density at radius 2 is 2.15 bits per heavy atom. The van der Waals surface area contributed by atoms with Crippen LogP contribution in [0.15, 0.2) is 40.4 Å². The Morgan fingerprint density at radius 3 is 2.85 bits per heavy atom. The molecule has 1 aromatic heterocycles. The Labute approximate surface area is 133 Å². The van der Waals surface area contributed by atoms with Crippen LogP contribution in [0, 0.1) is 5.92 Å². The summed E-state index contributed by atoms with van der Waals surface area (Å²) >= 11 is 5.41. The van der Waals surface area contributed by atoms with Crippen molar-refractivity contribution in [3.8, 4) is 0 Å². The molecule has 108 valence electrons. The Bertz CT molecular complexity index is 499. The molecule has 0 saturated carbocycles. The van der Waals surface area contributed by atoms with Crippen molar-refractivity contribution < 1.29 is 0 Å². The first kappa shape index (κ1) is 15.7. The van der Waals surface area contributed by atoms with E-state index in [9.17, 15) is 0 Å². The molecule has 1 aromatic carbocycles. The molecule has 0 bridgehead atoms. The Kier molecular flexibility index (Phi) is 6.70. The van der Waals surface area contributed by atoms with E-state index in [4.69, 9.17) is 0 Å². The second-order valence-corrected chi connectivity index (χ2v) is 6.86. The monoisotopic (exact) mass is 352 g/mol. The van der Waals surface area contributed by atoms with Crippen molar-refractivity contribution in [2.45, 2.75) is 26.2 Å². The number of halogens is 1. The molecule has 1 N–H and O–H groups in total. The topological polar surface area (TPSA) is 24.9 Å². The van der Waals surface area contributed by atoms with Gasteiger partial charge in [0.05, 0.1) is 5.51 Å². The zero-order valence-corrected chi connectivity index (χ0v) is 14.2. The number of nitrogens with zero attached hydrogens (tertiary/aromatic N) is 1. The van der Waals surface area contributed by atoms with Crippen molar-refractivity contribution in [1.29, 1.82) is 0 Å². The van der Waals surface area contributed by atoms with Crippen LogP contribution in [0.3, 0.4) is 0 Å². The number of hydrogen-bond acceptors (Lipinski definition) is 3. The molecule has 4 heteroatoms. The second kappa shape index (κ2) is 8.55. The van der Waals surface area contributed by atoms with E-state index >= 15 is 0 Å². The minimum Gasteiger partial charge on any atom is -0.316 e. The normalized spacial score (nSPS) is 12.5. The van der Waals surface area contributed by atoms with Gasteiger partial charge in [-0.1, -0.05) is 41.1 Å². The molecular formula is C16H21BrN2S. The Morgan fingerprint density at radius 1 is 1.30 bits per heavy atom. The molecule has 0 radical (unpaired) electrons. The van der Waals surface area contributed by atoms with Crippen LogP contribution in [0.5, 0.6) is 0 Å². The van der Waals surface area contributed by atoms with Gasteiger partial charge in [0.2, 0.25) is 0 Å². The largest absolute Gasteiger partial charge is 0.316 e. The molecule has 0 amide bonds. The van der Waals surface area contributed by atoms with Gasteiger partial charge < -0.3 is 5.32 Å². The summed E-state index contributed by atoms with van der Waals surface area (Å²) in [4.78, 5) is 5.56. The van der Waals surface area contributed by atoms with Crippen LogP contribution in [0.2, 0.25) is 0 Å². The lowest BCUT2D eigenvalue weighted by Crippen LogP contribution is -2.26. The summed E-state index contributed by atoms with van der Waals surface area (Å²) in [5.74, 6) is 0.612. The second-order valence-electron chi connectivity index (χ2n) is 5.04. The summed E-state index contributed by atoms with van der Waals surface area (Å²) in [5, 5.41) is 3.56. The van der Waals surface area contributed by atoms with E-state index in [1.54, 1.807) is 11.3 Å². The maximum absolute atomic E-state index is 4.19. The molecule has 2 rings (SSSR count). The maximum atomic E-state index is 4.19. The van der Waals surface area contributed by atoms with Crippen molar-refractivity contribution in [2.75, 3.05) is 13.1 Å². The van der Waals surface area contributed by atoms with Gasteiger partial charge in [0.25, 0.3) is 0 Å². The quantitative estimate of drug-likeness (QED) is 0.716. The third-order valence-corrected chi connectivity index (χ3v) is 4.88. The third kappa shape index (κ3) is 5.00. The number of rotatable bonds is 8. The van der Waals surface area contributed by atoms with E-state index in [0.717, 1.165) is 25.9 Å². The fourth-order valence-corrected chi connectivity index (χ4v) is 3.46. The van der Waals surface area contributed by atoms with Gasteiger partial charge in [-0.3, -0.25) is 4.98 Å². The third-order valence-electron chi connectivity index (χ3n) is 3.30. The molecule has 0 saturated heterocycles. The van der Waals surface area contributed by atoms with E-state index in [1.165, 1.54) is 21.3 Å². The van der Waals surface area contributed by atoms with Crippen LogP contribution in [0.25, 0.3) is 0 Å². The summed E-state index contributed by atoms with van der Waals surface area (Å²) in [7, 11) is 0. The average molecular weight is 353 g/mol. The van der Waals surface area contributed by atoms with Gasteiger partial charge in [0.15, 0.2) is 0 Å². The van der Waals surface area contributed by atoms with Crippen molar-refractivity contribution >= 4 is 27.3 Å². The minimum atomic E-state index is 0.612. The number of hydrogen-bond donors (Lipinski definition) is 1. The molecule has 0 fully saturated rings. The van der Waals surface area contributed by atoms with Gasteiger partial charge in [-0.25, -0.2) is 0 Å². The van der Waals surface area contributed by atoms with Crippen LogP contribution in [-0.2, 0) is 12.8 Å². The van der Waals surface area contributed by atoms with Gasteiger partial charge in [0.1, 0.15) is 0 Å². The zero-order chi connectivity index (χ0) is 14.2. The summed E-state index contributed by atoms with van der Waals surface area (Å²) in [6.07, 6.45) is 5.37. The van der Waals surface area contributed by atoms with Crippen LogP contribution in [0.1, 0.15) is 23.8 Å². The zero-order valence-electron chi connectivity index (χ0n) is 11.8. The average Bonchev–Trinajstić information content (AvgIpc) is 2.94. The number of nitrogens with one attached hydrogen (secondary N) is 1. The number of benzene rings is 1. The highest BCUT2D eigenvalue weighted by atomic mass is 79.9. The standard InChI is InChI=1S/C16H21BrN2S/c1-2-7-18-10-13(9-15-11-19-12-20-15)8-14-5-3-4-6-16(14)17/h3-6,11-13,18H,2,7-10H2,1H3. The first-order valence-corrected chi connectivity index (χ1v) is 8.78. The Balaban J connectivity index is 1.99. The van der Waals surface area contributed by atoms with Crippen LogP contribution in [0.4, 0.5) is 0 Å². The van der Waals surface area contributed by atoms with Gasteiger partial charge in [-0.2, -0.15) is 0 Å². The van der Waals surface area contributed by atoms with E-state index in [2.05, 4.69) is 57.4 Å². The lowest BCUT2D eigenvalue weighted by Gasteiger charge is -2.17. The van der Waals surface area contributed by atoms with Crippen molar-refractivity contribution in [1.82, 2.24) is 10.3 Å². The van der Waals surface area contributed by atoms with Gasteiger partial charge in [-0.15, -0.1) is 11.3 Å². The molecule has 1 atom stereocenters. The fourth-order valence-electron chi connectivity index (χ4n) is 2.30. The highest BCUT2D eigenvalue weighted by Crippen LogP contribution is 2.22. The maximum Gasteiger partial charge on any atom is 0.0794 e. The number of thiazole rings is 1. The summed E-state index contributed by atoms with van der Waals surface area (Å²) < 4.78 is 1.21. The molecule has 2 aromatic rings. The summed E-state index contributed by atoms with van der Waals surface area (Å²) in [5.41, 5.74) is 3.31. The van der Waals surface area contributed by atoms with Gasteiger partial charge in [0, 0.05) is 15.5 Å². The van der Waals surface area contributed by atoms with Crippen molar-refractivity contribution in [2.24, 2.45) is 5.92 Å². The predicted octanol–water partition coefficient (Wildman–Crippen LogP) is 4.31. The molecular weight excluding hydrogens is 332 g/mol. The van der Waals surface area contributed by atoms with Gasteiger partial charge >= 0.3 is 0 Å². The predicted molar refractivity (Wildman–Crippen MR) is 90.3 cm³/mol. The van der Waals surface area contributed by atoms with E-state index in [-0.39, 0.29) is 0 Å². The van der Waals surface area contributed by atoms with Crippen LogP contribution < -0.4 is 5.32 Å². The molecule has 20 heavy (non-hydrogen) atoms. The highest BCUT2D eigenvalue weighted by Gasteiger charge is 2.13. The lowest BCUT2D eigenvalue weighted by atomic mass is 9.95. The van der Waals surface area contributed by atoms with E-state index < -0.39 is 0 Å². The molecule has 1 heterocycles. The Hall–Kier alpha value is -0.710. The molecule has 0 aliphatic rings. The summed E-state index contributed by atoms with van der Waals surface area (Å²) in [6, 6.07) is 8.52. The fraction of sp³-hybridized carbons (Fsp3) is 0.438. The van der Waals surface area contributed by atoms with Crippen molar-refractivity contribution in [3.63, 3.8) is 0 Å². The smallest absolute Gasteiger partial charge is 0.0794 e. The first-order valence-electron chi connectivity index (χ1n) is 7.11.